The number of alkyl halides is 1. The predicted octanol–water partition coefficient (Wildman–Crippen LogP) is 13.7. The summed E-state index contributed by atoms with van der Waals surface area (Å²) < 4.78 is 0. The van der Waals surface area contributed by atoms with E-state index in [9.17, 15) is 4.79 Å². The van der Waals surface area contributed by atoms with Crippen LogP contribution in [0.15, 0.2) is 97.1 Å². The molecule has 0 bridgehead atoms. The highest BCUT2D eigenvalue weighted by Gasteiger charge is 2.44. The number of para-hydroxylation sites is 2. The van der Waals surface area contributed by atoms with Crippen LogP contribution in [0.2, 0.25) is 0 Å². The van der Waals surface area contributed by atoms with Crippen LogP contribution in [0.1, 0.15) is 115 Å². The highest BCUT2D eigenvalue weighted by molar-refractivity contribution is 9.09. The van der Waals surface area contributed by atoms with Crippen LogP contribution in [0.5, 0.6) is 0 Å². The Bertz CT molecular complexity index is 1610. The quantitative estimate of drug-likeness (QED) is 0.102. The van der Waals surface area contributed by atoms with Crippen molar-refractivity contribution >= 4 is 38.8 Å². The summed E-state index contributed by atoms with van der Waals surface area (Å²) in [6, 6.07) is 35.1. The Hall–Kier alpha value is -3.17. The number of benzene rings is 4. The van der Waals surface area contributed by atoms with Crippen molar-refractivity contribution in [2.24, 2.45) is 22.7 Å². The van der Waals surface area contributed by atoms with E-state index in [0.717, 1.165) is 42.6 Å². The Labute approximate surface area is 299 Å². The van der Waals surface area contributed by atoms with E-state index in [1.54, 1.807) is 0 Å². The van der Waals surface area contributed by atoms with E-state index in [1.807, 2.05) is 6.07 Å². The first-order valence-corrected chi connectivity index (χ1v) is 19.1. The van der Waals surface area contributed by atoms with Gasteiger partial charge in [-0.2, -0.15) is 0 Å². The molecule has 2 nitrogen and oxygen atoms in total. The molecular weight excluding hydrogens is 650 g/mol. The Morgan fingerprint density at radius 1 is 0.646 bits per heavy atom. The molecule has 0 saturated heterocycles. The summed E-state index contributed by atoms with van der Waals surface area (Å²) >= 11 is 3.46. The van der Waals surface area contributed by atoms with Crippen molar-refractivity contribution in [2.45, 2.75) is 99.3 Å². The van der Waals surface area contributed by atoms with E-state index in [2.05, 4.69) is 167 Å². The van der Waals surface area contributed by atoms with Crippen molar-refractivity contribution < 1.29 is 4.79 Å². The van der Waals surface area contributed by atoms with E-state index >= 15 is 0 Å². The molecule has 0 amide bonds. The fourth-order valence-electron chi connectivity index (χ4n) is 8.42. The maximum atomic E-state index is 13.1. The van der Waals surface area contributed by atoms with Crippen LogP contribution >= 0.6 is 15.9 Å². The molecule has 2 atom stereocenters. The minimum atomic E-state index is -0.180. The number of fused-ring (bicyclic) bond motifs is 3. The van der Waals surface area contributed by atoms with E-state index in [-0.39, 0.29) is 22.0 Å². The second-order valence-corrected chi connectivity index (χ2v) is 17.5. The van der Waals surface area contributed by atoms with Gasteiger partial charge in [0.25, 0.3) is 0 Å². The maximum absolute atomic E-state index is 13.1. The van der Waals surface area contributed by atoms with Crippen LogP contribution in [-0.2, 0) is 5.41 Å². The van der Waals surface area contributed by atoms with E-state index in [1.165, 1.54) is 40.8 Å². The Morgan fingerprint density at radius 2 is 1.10 bits per heavy atom. The van der Waals surface area contributed by atoms with Crippen molar-refractivity contribution in [2.75, 3.05) is 10.2 Å². The summed E-state index contributed by atoms with van der Waals surface area (Å²) in [7, 11) is 0. The molecule has 0 radical (unpaired) electrons. The van der Waals surface area contributed by atoms with Gasteiger partial charge in [-0.15, -0.1) is 0 Å². The summed E-state index contributed by atoms with van der Waals surface area (Å²) in [5.74, 6) is 1.34. The number of hydrogen-bond acceptors (Lipinski definition) is 2. The zero-order chi connectivity index (χ0) is 34.7. The SMILES string of the molecule is CC(CCC1(CCC(C)CC(C)(C)C)c2cc(C(=O)CBr)ccc2-c2ccc(N(c3ccccc3)c3ccccc3)cc21)CC(C)(C)C. The predicted molar refractivity (Wildman–Crippen MR) is 210 cm³/mol. The first kappa shape index (κ1) is 36.1. The number of Topliss-reactive ketones (excluding diaryl/α,β-unsaturated/α-hetero) is 1. The fraction of sp³-hybridized carbons (Fsp3) is 0.444. The van der Waals surface area contributed by atoms with Crippen LogP contribution < -0.4 is 4.90 Å². The molecule has 0 aromatic heterocycles. The second-order valence-electron chi connectivity index (χ2n) is 17.0. The van der Waals surface area contributed by atoms with Crippen molar-refractivity contribution in [1.82, 2.24) is 0 Å². The largest absolute Gasteiger partial charge is 0.310 e. The summed E-state index contributed by atoms with van der Waals surface area (Å²) in [6.07, 6.45) is 6.82. The topological polar surface area (TPSA) is 20.3 Å². The van der Waals surface area contributed by atoms with Crippen LogP contribution in [0.4, 0.5) is 17.1 Å². The molecule has 4 aromatic carbocycles. The van der Waals surface area contributed by atoms with Gasteiger partial charge in [-0.05, 0) is 126 Å². The highest BCUT2D eigenvalue weighted by Crippen LogP contribution is 2.56. The number of nitrogens with zero attached hydrogens (tertiary/aromatic N) is 1. The first-order valence-electron chi connectivity index (χ1n) is 18.0. The first-order chi connectivity index (χ1) is 22.7. The average Bonchev–Trinajstić information content (AvgIpc) is 3.30. The van der Waals surface area contributed by atoms with Gasteiger partial charge in [-0.3, -0.25) is 4.79 Å². The Morgan fingerprint density at radius 3 is 1.56 bits per heavy atom. The lowest BCUT2D eigenvalue weighted by Crippen LogP contribution is -2.28. The number of halogens is 1. The summed E-state index contributed by atoms with van der Waals surface area (Å²) in [6.45, 7) is 19.0. The average molecular weight is 707 g/mol. The molecule has 1 aliphatic rings. The van der Waals surface area contributed by atoms with Gasteiger partial charge in [0.1, 0.15) is 0 Å². The molecule has 2 unspecified atom stereocenters. The van der Waals surface area contributed by atoms with Crippen molar-refractivity contribution in [1.29, 1.82) is 0 Å². The van der Waals surface area contributed by atoms with Gasteiger partial charge in [0.05, 0.1) is 5.33 Å². The van der Waals surface area contributed by atoms with Crippen molar-refractivity contribution in [3.63, 3.8) is 0 Å². The van der Waals surface area contributed by atoms with Gasteiger partial charge in [0.15, 0.2) is 5.78 Å². The van der Waals surface area contributed by atoms with E-state index in [0.29, 0.717) is 17.2 Å². The summed E-state index contributed by atoms with van der Waals surface area (Å²) in [4.78, 5) is 15.5. The summed E-state index contributed by atoms with van der Waals surface area (Å²) in [5, 5.41) is 0.338. The molecule has 48 heavy (non-hydrogen) atoms. The van der Waals surface area contributed by atoms with Crippen LogP contribution in [0, 0.1) is 22.7 Å². The summed E-state index contributed by atoms with van der Waals surface area (Å²) in [5.41, 5.74) is 10.0. The third-order valence-corrected chi connectivity index (χ3v) is 10.6. The number of carbonyl (C=O) groups is 1. The minimum Gasteiger partial charge on any atom is -0.310 e. The molecule has 5 rings (SSSR count). The van der Waals surface area contributed by atoms with Gasteiger partial charge in [-0.1, -0.05) is 126 Å². The number of anilines is 3. The van der Waals surface area contributed by atoms with Gasteiger partial charge < -0.3 is 4.90 Å². The van der Waals surface area contributed by atoms with Crippen LogP contribution in [0.3, 0.4) is 0 Å². The molecule has 0 heterocycles. The maximum Gasteiger partial charge on any atom is 0.173 e. The Balaban J connectivity index is 1.70. The lowest BCUT2D eigenvalue weighted by Gasteiger charge is -2.37. The minimum absolute atomic E-state index is 0.143. The van der Waals surface area contributed by atoms with E-state index in [4.69, 9.17) is 0 Å². The molecule has 0 saturated carbocycles. The molecule has 0 aliphatic heterocycles. The van der Waals surface area contributed by atoms with Crippen molar-refractivity contribution in [3.05, 3.63) is 114 Å². The lowest BCUT2D eigenvalue weighted by molar-refractivity contribution is 0.102. The number of hydrogen-bond donors (Lipinski definition) is 0. The monoisotopic (exact) mass is 705 g/mol. The third kappa shape index (κ3) is 8.33. The Kier molecular flexibility index (Phi) is 11.1. The number of ketones is 1. The fourth-order valence-corrected chi connectivity index (χ4v) is 8.74. The molecule has 0 N–H and O–H groups in total. The molecule has 0 fully saturated rings. The standard InChI is InChI=1S/C45H56BrNO/c1-32(29-43(3,4)5)23-25-45(26-24-33(2)30-44(6,7)8)40-27-34(42(48)31-46)19-21-38(40)39-22-20-37(28-41(39)45)47(35-15-11-9-12-16-35)36-17-13-10-14-18-36/h9-22,27-28,32-33H,23-26,29-31H2,1-8H3. The molecular formula is C45H56BrNO. The lowest BCUT2D eigenvalue weighted by atomic mass is 9.67. The second kappa shape index (κ2) is 14.8. The van der Waals surface area contributed by atoms with Gasteiger partial charge >= 0.3 is 0 Å². The zero-order valence-corrected chi connectivity index (χ0v) is 32.2. The van der Waals surface area contributed by atoms with Gasteiger partial charge in [-0.25, -0.2) is 0 Å². The molecule has 0 spiro atoms. The normalized spacial score (nSPS) is 17.0. The third-order valence-electron chi connectivity index (χ3n) is 10.1. The van der Waals surface area contributed by atoms with Crippen LogP contribution in [0.25, 0.3) is 11.1 Å². The van der Waals surface area contributed by atoms with Gasteiger partial charge in [0.2, 0.25) is 0 Å². The number of carbonyl (C=O) groups excluding carboxylic acids is 1. The number of rotatable bonds is 13. The highest BCUT2D eigenvalue weighted by atomic mass is 79.9. The zero-order valence-electron chi connectivity index (χ0n) is 30.6. The van der Waals surface area contributed by atoms with Gasteiger partial charge in [0, 0.05) is 28.0 Å². The van der Waals surface area contributed by atoms with Crippen molar-refractivity contribution in [3.8, 4) is 11.1 Å². The van der Waals surface area contributed by atoms with Crippen LogP contribution in [-0.4, -0.2) is 11.1 Å². The molecule has 254 valence electrons. The molecule has 1 aliphatic carbocycles. The van der Waals surface area contributed by atoms with E-state index < -0.39 is 0 Å². The molecule has 4 aromatic rings. The molecule has 3 heteroatoms. The smallest absolute Gasteiger partial charge is 0.173 e.